The number of piperidine rings is 1. The van der Waals surface area contributed by atoms with Gasteiger partial charge in [-0.05, 0) is 80.1 Å². The van der Waals surface area contributed by atoms with Crippen molar-refractivity contribution in [1.82, 2.24) is 29.9 Å². The van der Waals surface area contributed by atoms with Gasteiger partial charge in [-0.3, -0.25) is 29.1 Å². The third-order valence-electron chi connectivity index (χ3n) is 9.03. The topological polar surface area (TPSA) is 190 Å². The quantitative estimate of drug-likeness (QED) is 0.115. The number of sulfonamides is 1. The zero-order valence-corrected chi connectivity index (χ0v) is 29.5. The molecular weight excluding hydrogens is 698 g/mol. The van der Waals surface area contributed by atoms with Gasteiger partial charge in [0.15, 0.2) is 6.61 Å². The number of carbonyl (C=O) groups is 3. The maximum atomic E-state index is 13.0. The van der Waals surface area contributed by atoms with E-state index in [0.29, 0.717) is 40.9 Å². The predicted molar refractivity (Wildman–Crippen MR) is 191 cm³/mol. The van der Waals surface area contributed by atoms with Crippen molar-refractivity contribution in [3.8, 4) is 5.75 Å². The highest BCUT2D eigenvalue weighted by atomic mass is 35.5. The molecule has 2 fully saturated rings. The smallest absolute Gasteiger partial charge is 0.271 e. The normalized spacial score (nSPS) is 16.6. The summed E-state index contributed by atoms with van der Waals surface area (Å²) in [5, 5.41) is 8.97. The molecule has 2 aliphatic rings. The van der Waals surface area contributed by atoms with E-state index in [2.05, 4.69) is 30.6 Å². The van der Waals surface area contributed by atoms with E-state index in [-0.39, 0.29) is 71.3 Å². The molecule has 1 unspecified atom stereocenters. The van der Waals surface area contributed by atoms with Gasteiger partial charge in [-0.25, -0.2) is 18.1 Å². The predicted octanol–water partition coefficient (Wildman–Crippen LogP) is 4.00. The third kappa shape index (κ3) is 8.55. The van der Waals surface area contributed by atoms with E-state index in [0.717, 1.165) is 31.2 Å². The fourth-order valence-electron chi connectivity index (χ4n) is 6.33. The molecule has 6 rings (SSSR count). The van der Waals surface area contributed by atoms with Crippen LogP contribution < -0.4 is 31.0 Å². The van der Waals surface area contributed by atoms with Crippen molar-refractivity contribution in [1.29, 1.82) is 0 Å². The molecule has 4 aromatic rings. The summed E-state index contributed by atoms with van der Waals surface area (Å²) >= 11 is 6.24. The number of benzene rings is 2. The minimum Gasteiger partial charge on any atom is -0.484 e. The summed E-state index contributed by atoms with van der Waals surface area (Å²) in [6.45, 7) is 1.86. The first-order chi connectivity index (χ1) is 24.5. The molecule has 2 aromatic carbocycles. The summed E-state index contributed by atoms with van der Waals surface area (Å²) in [7, 11) is -3.83. The van der Waals surface area contributed by atoms with Gasteiger partial charge < -0.3 is 15.4 Å². The molecule has 4 N–H and O–H groups in total. The van der Waals surface area contributed by atoms with Crippen LogP contribution in [0.4, 0.5) is 11.6 Å². The van der Waals surface area contributed by atoms with E-state index in [9.17, 15) is 27.6 Å². The number of hydrogen-bond acceptors (Lipinski definition) is 10. The summed E-state index contributed by atoms with van der Waals surface area (Å²) in [4.78, 5) is 57.8. The van der Waals surface area contributed by atoms with Gasteiger partial charge in [-0.1, -0.05) is 36.6 Å². The number of nitrogens with zero attached hydrogens (tertiary/aromatic N) is 3. The van der Waals surface area contributed by atoms with Crippen LogP contribution in [0, 0.1) is 6.92 Å². The van der Waals surface area contributed by atoms with Gasteiger partial charge in [-0.15, -0.1) is 0 Å². The fourth-order valence-corrected chi connectivity index (χ4v) is 7.69. The first kappa shape index (κ1) is 35.9. The highest BCUT2D eigenvalue weighted by Gasteiger charge is 2.28. The number of rotatable bonds is 13. The van der Waals surface area contributed by atoms with Crippen LogP contribution in [0.1, 0.15) is 68.0 Å². The van der Waals surface area contributed by atoms with Crippen molar-refractivity contribution >= 4 is 62.0 Å². The van der Waals surface area contributed by atoms with Crippen LogP contribution in [0.25, 0.3) is 11.0 Å². The van der Waals surface area contributed by atoms with E-state index in [1.165, 1.54) is 12.1 Å². The molecule has 268 valence electrons. The zero-order chi connectivity index (χ0) is 36.1. The number of halogens is 1. The van der Waals surface area contributed by atoms with Gasteiger partial charge in [0, 0.05) is 42.8 Å². The van der Waals surface area contributed by atoms with E-state index in [1.807, 2.05) is 0 Å². The fraction of sp³-hybridized carbons (Fsp3) is 0.371. The third-order valence-corrected chi connectivity index (χ3v) is 10.8. The van der Waals surface area contributed by atoms with E-state index < -0.39 is 15.9 Å². The average Bonchev–Trinajstić information content (AvgIpc) is 3.64. The van der Waals surface area contributed by atoms with Gasteiger partial charge in [0.1, 0.15) is 16.4 Å². The number of aryl methyl sites for hydroxylation is 1. The molecule has 0 spiro atoms. The minimum absolute atomic E-state index is 0.0236. The van der Waals surface area contributed by atoms with Crippen molar-refractivity contribution < 1.29 is 27.5 Å². The average molecular weight is 736 g/mol. The van der Waals surface area contributed by atoms with Crippen molar-refractivity contribution in [3.05, 3.63) is 81.2 Å². The molecular formula is C35H38ClN7O7S. The summed E-state index contributed by atoms with van der Waals surface area (Å²) in [5.41, 5.74) is 2.23. The number of pyridine rings is 1. The van der Waals surface area contributed by atoms with Gasteiger partial charge in [0.05, 0.1) is 10.8 Å². The number of hydrogen-bond donors (Lipinski definition) is 4. The van der Waals surface area contributed by atoms with Crippen LogP contribution in [0.15, 0.2) is 64.4 Å². The molecule has 3 heterocycles. The number of carbonyl (C=O) groups excluding carboxylic acids is 3. The Hall–Kier alpha value is -4.86. The number of nitrogens with one attached hydrogen (secondary N) is 4. The number of fused-ring (bicyclic) bond motifs is 1. The van der Waals surface area contributed by atoms with E-state index in [4.69, 9.17) is 16.3 Å². The molecule has 3 amide bonds. The molecule has 1 atom stereocenters. The SMILES string of the molecule is Cc1cc(S(=O)(=O)NCCCNC(=O)COc2ccc(C3CCC(=O)NC3=O)cc2)ccc1Nc1ncc2cc(Cl)c(=O)n(C3CCCC3)c2n1. The van der Waals surface area contributed by atoms with Gasteiger partial charge in [0.2, 0.25) is 27.8 Å². The Morgan fingerprint density at radius 1 is 1.04 bits per heavy atom. The molecule has 51 heavy (non-hydrogen) atoms. The second-order valence-corrected chi connectivity index (χ2v) is 14.8. The lowest BCUT2D eigenvalue weighted by Crippen LogP contribution is -2.39. The molecule has 1 saturated carbocycles. The number of aromatic nitrogens is 3. The number of amides is 3. The Kier molecular flexibility index (Phi) is 11.0. The van der Waals surface area contributed by atoms with Crippen LogP contribution in [0.5, 0.6) is 5.75 Å². The van der Waals surface area contributed by atoms with E-state index in [1.54, 1.807) is 54.1 Å². The summed E-state index contributed by atoms with van der Waals surface area (Å²) in [6.07, 6.45) is 6.51. The molecule has 2 aromatic heterocycles. The van der Waals surface area contributed by atoms with Crippen molar-refractivity contribution in [2.45, 2.75) is 68.7 Å². The number of imide groups is 1. The summed E-state index contributed by atoms with van der Waals surface area (Å²) in [5.74, 6) is -0.652. The van der Waals surface area contributed by atoms with Crippen LogP contribution in [-0.2, 0) is 24.4 Å². The number of ether oxygens (including phenoxy) is 1. The van der Waals surface area contributed by atoms with Crippen LogP contribution in [0.2, 0.25) is 5.02 Å². The standard InChI is InChI=1S/C35H38ClN7O7S/c1-21-17-26(11-13-29(21)40-35-38-19-23-18-28(36)34(47)43(32(23)42-35)24-5-2-3-6-24)51(48,49)39-16-4-15-37-31(45)20-50-25-9-7-22(8-10-25)27-12-14-30(44)41-33(27)46/h7-11,13,17-19,24,27,39H,2-6,12,14-16,20H2,1H3,(H,37,45)(H,38,40,42)(H,41,44,46). The first-order valence-corrected chi connectivity index (χ1v) is 18.6. The lowest BCUT2D eigenvalue weighted by molar-refractivity contribution is -0.134. The van der Waals surface area contributed by atoms with Gasteiger partial charge in [0.25, 0.3) is 11.5 Å². The van der Waals surface area contributed by atoms with Crippen molar-refractivity contribution in [3.63, 3.8) is 0 Å². The lowest BCUT2D eigenvalue weighted by atomic mass is 9.90. The highest BCUT2D eigenvalue weighted by molar-refractivity contribution is 7.89. The number of anilines is 2. The molecule has 0 radical (unpaired) electrons. The summed E-state index contributed by atoms with van der Waals surface area (Å²) < 4.78 is 35.7. The Morgan fingerprint density at radius 2 is 1.80 bits per heavy atom. The summed E-state index contributed by atoms with van der Waals surface area (Å²) in [6, 6.07) is 13.0. The van der Waals surface area contributed by atoms with E-state index >= 15 is 0 Å². The molecule has 0 bridgehead atoms. The highest BCUT2D eigenvalue weighted by Crippen LogP contribution is 2.32. The molecule has 1 aliphatic carbocycles. The van der Waals surface area contributed by atoms with Crippen LogP contribution >= 0.6 is 11.6 Å². The van der Waals surface area contributed by atoms with Crippen LogP contribution in [0.3, 0.4) is 0 Å². The Balaban J connectivity index is 0.968. The maximum Gasteiger partial charge on any atom is 0.271 e. The first-order valence-electron chi connectivity index (χ1n) is 16.8. The monoisotopic (exact) mass is 735 g/mol. The minimum atomic E-state index is -3.83. The molecule has 14 nitrogen and oxygen atoms in total. The Bertz CT molecular complexity index is 2130. The van der Waals surface area contributed by atoms with Crippen molar-refractivity contribution in [2.75, 3.05) is 25.0 Å². The molecule has 1 saturated heterocycles. The molecule has 1 aliphatic heterocycles. The Labute approximate surface area is 299 Å². The molecule has 16 heteroatoms. The zero-order valence-electron chi connectivity index (χ0n) is 27.9. The van der Waals surface area contributed by atoms with Gasteiger partial charge >= 0.3 is 0 Å². The second kappa shape index (κ2) is 15.6. The lowest BCUT2D eigenvalue weighted by Gasteiger charge is -2.21. The maximum absolute atomic E-state index is 13.0. The van der Waals surface area contributed by atoms with Crippen LogP contribution in [-0.4, -0.2) is 60.4 Å². The van der Waals surface area contributed by atoms with Gasteiger partial charge in [-0.2, -0.15) is 4.98 Å². The second-order valence-electron chi connectivity index (χ2n) is 12.6. The largest absolute Gasteiger partial charge is 0.484 e. The Morgan fingerprint density at radius 3 is 2.53 bits per heavy atom. The van der Waals surface area contributed by atoms with Crippen molar-refractivity contribution in [2.24, 2.45) is 0 Å².